The van der Waals surface area contributed by atoms with Crippen molar-refractivity contribution in [1.82, 2.24) is 4.90 Å². The SMILES string of the molecule is C=C(C)C1(/C=C/C(=O)N(C)C)C=C(C)C(C)(C)O1. The van der Waals surface area contributed by atoms with Crippen molar-refractivity contribution in [3.05, 3.63) is 36.0 Å². The molecule has 3 nitrogen and oxygen atoms in total. The molecule has 1 rings (SSSR count). The molecule has 1 amide bonds. The summed E-state index contributed by atoms with van der Waals surface area (Å²) in [7, 11) is 3.45. The number of nitrogens with zero attached hydrogens (tertiary/aromatic N) is 1. The summed E-state index contributed by atoms with van der Waals surface area (Å²) in [6.45, 7) is 12.0. The summed E-state index contributed by atoms with van der Waals surface area (Å²) in [6.07, 6.45) is 5.37. The Morgan fingerprint density at radius 3 is 2.33 bits per heavy atom. The first-order chi connectivity index (χ1) is 8.11. The topological polar surface area (TPSA) is 29.5 Å². The van der Waals surface area contributed by atoms with Crippen molar-refractivity contribution in [2.45, 2.75) is 38.9 Å². The second kappa shape index (κ2) is 4.73. The molecule has 0 aliphatic carbocycles. The van der Waals surface area contributed by atoms with Crippen LogP contribution in [-0.2, 0) is 9.53 Å². The van der Waals surface area contributed by atoms with E-state index < -0.39 is 5.60 Å². The number of ether oxygens (including phenoxy) is 1. The van der Waals surface area contributed by atoms with Gasteiger partial charge >= 0.3 is 0 Å². The molecule has 0 saturated carbocycles. The first-order valence-electron chi connectivity index (χ1n) is 6.07. The molecule has 1 atom stereocenters. The van der Waals surface area contributed by atoms with E-state index in [0.717, 1.165) is 11.1 Å². The van der Waals surface area contributed by atoms with E-state index in [1.54, 1.807) is 26.2 Å². The number of amides is 1. The van der Waals surface area contributed by atoms with Crippen molar-refractivity contribution >= 4 is 5.91 Å². The molecule has 0 saturated heterocycles. The van der Waals surface area contributed by atoms with E-state index in [1.165, 1.54) is 4.90 Å². The maximum atomic E-state index is 11.6. The fraction of sp³-hybridized carbons (Fsp3) is 0.533. The lowest BCUT2D eigenvalue weighted by molar-refractivity contribution is -0.123. The molecule has 1 heterocycles. The van der Waals surface area contributed by atoms with Crippen molar-refractivity contribution in [2.75, 3.05) is 14.1 Å². The van der Waals surface area contributed by atoms with Crippen molar-refractivity contribution in [3.8, 4) is 0 Å². The molecule has 18 heavy (non-hydrogen) atoms. The van der Waals surface area contributed by atoms with Gasteiger partial charge in [0.25, 0.3) is 0 Å². The minimum absolute atomic E-state index is 0.0602. The van der Waals surface area contributed by atoms with Crippen LogP contribution < -0.4 is 0 Å². The summed E-state index contributed by atoms with van der Waals surface area (Å²) in [5.41, 5.74) is 1.02. The monoisotopic (exact) mass is 249 g/mol. The Labute approximate surface area is 110 Å². The zero-order valence-electron chi connectivity index (χ0n) is 12.2. The highest BCUT2D eigenvalue weighted by atomic mass is 16.5. The van der Waals surface area contributed by atoms with Gasteiger partial charge in [-0.15, -0.1) is 0 Å². The number of carbonyl (C=O) groups excluding carboxylic acids is 1. The van der Waals surface area contributed by atoms with E-state index in [9.17, 15) is 4.79 Å². The van der Waals surface area contributed by atoms with Crippen molar-refractivity contribution in [1.29, 1.82) is 0 Å². The summed E-state index contributed by atoms with van der Waals surface area (Å²) in [5, 5.41) is 0. The Bertz CT molecular complexity index is 430. The third kappa shape index (κ3) is 2.72. The highest BCUT2D eigenvalue weighted by Gasteiger charge is 2.41. The summed E-state index contributed by atoms with van der Waals surface area (Å²) in [5.74, 6) is -0.0602. The van der Waals surface area contributed by atoms with Crippen LogP contribution in [0, 0.1) is 0 Å². The Kier molecular flexibility index (Phi) is 3.86. The fourth-order valence-corrected chi connectivity index (χ4v) is 1.81. The van der Waals surface area contributed by atoms with Gasteiger partial charge in [-0.25, -0.2) is 0 Å². The van der Waals surface area contributed by atoms with Gasteiger partial charge in [0.05, 0.1) is 5.60 Å². The van der Waals surface area contributed by atoms with Gasteiger partial charge in [-0.2, -0.15) is 0 Å². The molecule has 3 heteroatoms. The van der Waals surface area contributed by atoms with Gasteiger partial charge in [-0.1, -0.05) is 6.58 Å². The lowest BCUT2D eigenvalue weighted by atomic mass is 9.93. The first-order valence-corrected chi connectivity index (χ1v) is 6.07. The summed E-state index contributed by atoms with van der Waals surface area (Å²) >= 11 is 0. The van der Waals surface area contributed by atoms with Gasteiger partial charge in [-0.05, 0) is 51.0 Å². The molecule has 1 aliphatic heterocycles. The molecule has 0 bridgehead atoms. The molecule has 1 aliphatic rings. The van der Waals surface area contributed by atoms with Crippen LogP contribution in [0.25, 0.3) is 0 Å². The van der Waals surface area contributed by atoms with Gasteiger partial charge in [0, 0.05) is 20.2 Å². The third-order valence-corrected chi connectivity index (χ3v) is 3.39. The Balaban J connectivity index is 3.07. The van der Waals surface area contributed by atoms with E-state index in [-0.39, 0.29) is 11.5 Å². The predicted octanol–water partition coefficient (Wildman–Crippen LogP) is 2.70. The van der Waals surface area contributed by atoms with E-state index in [1.807, 2.05) is 33.8 Å². The van der Waals surface area contributed by atoms with Crippen molar-refractivity contribution in [2.24, 2.45) is 0 Å². The maximum Gasteiger partial charge on any atom is 0.245 e. The van der Waals surface area contributed by atoms with Gasteiger partial charge in [0.1, 0.15) is 5.60 Å². The minimum Gasteiger partial charge on any atom is -0.352 e. The van der Waals surface area contributed by atoms with Crippen molar-refractivity contribution < 1.29 is 9.53 Å². The molecule has 0 fully saturated rings. The highest BCUT2D eigenvalue weighted by molar-refractivity contribution is 5.87. The summed E-state index contributed by atoms with van der Waals surface area (Å²) < 4.78 is 6.09. The molecule has 0 aromatic rings. The third-order valence-electron chi connectivity index (χ3n) is 3.39. The van der Waals surface area contributed by atoms with Crippen LogP contribution in [0.15, 0.2) is 36.0 Å². The Morgan fingerprint density at radius 2 is 2.00 bits per heavy atom. The number of likely N-dealkylation sites (N-methyl/N-ethyl adjacent to an activating group) is 1. The standard InChI is InChI=1S/C15H23NO2/c1-11(2)15(9-8-13(17)16(6)7)10-12(3)14(4,5)18-15/h8-10H,1H2,2-7H3/b9-8+. The summed E-state index contributed by atoms with van der Waals surface area (Å²) in [6, 6.07) is 0. The molecular weight excluding hydrogens is 226 g/mol. The maximum absolute atomic E-state index is 11.6. The fourth-order valence-electron chi connectivity index (χ4n) is 1.81. The molecule has 0 aromatic heterocycles. The van der Waals surface area contributed by atoms with Crippen molar-refractivity contribution in [3.63, 3.8) is 0 Å². The molecular formula is C15H23NO2. The van der Waals surface area contributed by atoms with Crippen LogP contribution in [0.1, 0.15) is 27.7 Å². The zero-order chi connectivity index (χ0) is 14.1. The zero-order valence-corrected chi connectivity index (χ0v) is 12.2. The molecule has 0 N–H and O–H groups in total. The quantitative estimate of drug-likeness (QED) is 0.568. The highest BCUT2D eigenvalue weighted by Crippen LogP contribution is 2.41. The second-order valence-corrected chi connectivity index (χ2v) is 5.58. The minimum atomic E-state index is -0.667. The van der Waals surface area contributed by atoms with E-state index in [2.05, 4.69) is 6.58 Å². The van der Waals surface area contributed by atoms with Crippen LogP contribution >= 0.6 is 0 Å². The van der Waals surface area contributed by atoms with E-state index in [4.69, 9.17) is 4.74 Å². The number of hydrogen-bond donors (Lipinski definition) is 0. The van der Waals surface area contributed by atoms with Crippen LogP contribution in [0.4, 0.5) is 0 Å². The molecule has 0 radical (unpaired) electrons. The molecule has 0 aromatic carbocycles. The number of rotatable bonds is 3. The van der Waals surface area contributed by atoms with Crippen LogP contribution in [-0.4, -0.2) is 36.1 Å². The van der Waals surface area contributed by atoms with Crippen LogP contribution in [0.2, 0.25) is 0 Å². The van der Waals surface area contributed by atoms with Gasteiger partial charge < -0.3 is 9.64 Å². The molecule has 100 valence electrons. The smallest absolute Gasteiger partial charge is 0.245 e. The van der Waals surface area contributed by atoms with Crippen LogP contribution in [0.3, 0.4) is 0 Å². The van der Waals surface area contributed by atoms with E-state index in [0.29, 0.717) is 0 Å². The van der Waals surface area contributed by atoms with Gasteiger partial charge in [0.15, 0.2) is 0 Å². The largest absolute Gasteiger partial charge is 0.352 e. The molecule has 1 unspecified atom stereocenters. The summed E-state index contributed by atoms with van der Waals surface area (Å²) in [4.78, 5) is 13.2. The lowest BCUT2D eigenvalue weighted by Crippen LogP contribution is -2.33. The Morgan fingerprint density at radius 1 is 1.44 bits per heavy atom. The first kappa shape index (κ1) is 14.7. The number of carbonyl (C=O) groups is 1. The molecule has 0 spiro atoms. The Hall–Kier alpha value is -1.35. The predicted molar refractivity (Wildman–Crippen MR) is 74.3 cm³/mol. The average molecular weight is 249 g/mol. The van der Waals surface area contributed by atoms with E-state index >= 15 is 0 Å². The second-order valence-electron chi connectivity index (χ2n) is 5.58. The number of hydrogen-bond acceptors (Lipinski definition) is 2. The van der Waals surface area contributed by atoms with Gasteiger partial charge in [0.2, 0.25) is 5.91 Å². The normalized spacial score (nSPS) is 26.2. The van der Waals surface area contributed by atoms with Gasteiger partial charge in [-0.3, -0.25) is 4.79 Å². The average Bonchev–Trinajstić information content (AvgIpc) is 2.47. The van der Waals surface area contributed by atoms with Crippen LogP contribution in [0.5, 0.6) is 0 Å². The lowest BCUT2D eigenvalue weighted by Gasteiger charge is -2.30.